The van der Waals surface area contributed by atoms with Gasteiger partial charge in [0.05, 0.1) is 36.0 Å². The number of hydrogen-bond acceptors (Lipinski definition) is 5. The van der Waals surface area contributed by atoms with Gasteiger partial charge in [0.1, 0.15) is 5.75 Å². The molecule has 1 aromatic carbocycles. The van der Waals surface area contributed by atoms with Gasteiger partial charge in [-0.15, -0.1) is 0 Å². The van der Waals surface area contributed by atoms with E-state index in [1.165, 1.54) is 48.8 Å². The second kappa shape index (κ2) is 9.41. The van der Waals surface area contributed by atoms with E-state index in [2.05, 4.69) is 14.7 Å². The van der Waals surface area contributed by atoms with Crippen LogP contribution in [-0.4, -0.2) is 31.8 Å². The topological polar surface area (TPSA) is 101 Å². The summed E-state index contributed by atoms with van der Waals surface area (Å²) in [5.41, 5.74) is -4.42. The van der Waals surface area contributed by atoms with E-state index in [-0.39, 0.29) is 38.8 Å². The van der Waals surface area contributed by atoms with Crippen molar-refractivity contribution in [2.45, 2.75) is 26.0 Å². The number of nitrogens with one attached hydrogen (secondary N) is 2. The smallest absolute Gasteiger partial charge is 0.255 e. The number of aromatic amines is 1. The Morgan fingerprint density at radius 2 is 1.97 bits per heavy atom. The van der Waals surface area contributed by atoms with Crippen LogP contribution in [0.4, 0.5) is 5.69 Å². The number of anilines is 1. The number of methoxy groups -OCH3 is 1. The minimum atomic E-state index is -3.61. The summed E-state index contributed by atoms with van der Waals surface area (Å²) >= 11 is 6.08. The van der Waals surface area contributed by atoms with Gasteiger partial charge >= 0.3 is 0 Å². The summed E-state index contributed by atoms with van der Waals surface area (Å²) in [7, 11) is -2.43. The van der Waals surface area contributed by atoms with Crippen LogP contribution in [0.5, 0.6) is 5.75 Å². The highest BCUT2D eigenvalue weighted by molar-refractivity contribution is 7.92. The molecule has 0 aliphatic rings. The van der Waals surface area contributed by atoms with Gasteiger partial charge in [-0.05, 0) is 53.5 Å². The Morgan fingerprint density at radius 3 is 2.58 bits per heavy atom. The van der Waals surface area contributed by atoms with E-state index in [9.17, 15) is 13.2 Å². The van der Waals surface area contributed by atoms with Gasteiger partial charge in [-0.3, -0.25) is 14.5 Å². The van der Waals surface area contributed by atoms with Crippen LogP contribution in [0.3, 0.4) is 0 Å². The number of ether oxygens (including phenoxy) is 1. The zero-order valence-electron chi connectivity index (χ0n) is 26.6. The summed E-state index contributed by atoms with van der Waals surface area (Å²) in [6.07, 6.45) is 6.21. The van der Waals surface area contributed by atoms with Crippen LogP contribution < -0.4 is 15.0 Å². The molecule has 2 N–H and O–H groups in total. The molecule has 9 heteroatoms. The van der Waals surface area contributed by atoms with Gasteiger partial charge in [-0.1, -0.05) is 32.2 Å². The summed E-state index contributed by atoms with van der Waals surface area (Å²) in [5.74, 6) is -0.368. The number of halogens is 1. The first-order chi connectivity index (χ1) is 19.1. The molecule has 0 saturated carbocycles. The fourth-order valence-corrected chi connectivity index (χ4v) is 3.77. The lowest BCUT2D eigenvalue weighted by atomic mass is 9.83. The lowest BCUT2D eigenvalue weighted by Gasteiger charge is -2.24. The maximum atomic E-state index is 12.7. The van der Waals surface area contributed by atoms with Crippen molar-refractivity contribution < 1.29 is 25.5 Å². The number of sulfonamides is 1. The number of H-pyrrole nitrogens is 1. The molecule has 3 aromatic rings. The minimum Gasteiger partial charge on any atom is -0.496 e. The van der Waals surface area contributed by atoms with Crippen molar-refractivity contribution in [3.05, 3.63) is 74.9 Å². The van der Waals surface area contributed by atoms with Gasteiger partial charge in [0.15, 0.2) is 0 Å². The second-order valence-corrected chi connectivity index (χ2v) is 9.32. The van der Waals surface area contributed by atoms with E-state index in [4.69, 9.17) is 28.7 Å². The first-order valence-electron chi connectivity index (χ1n) is 13.9. The summed E-state index contributed by atoms with van der Waals surface area (Å²) in [4.78, 5) is 19.3. The molecule has 2 aromatic heterocycles. The predicted octanol–water partition coefficient (Wildman–Crippen LogP) is 4.94. The molecule has 0 atom stereocenters. The van der Waals surface area contributed by atoms with Gasteiger partial charge in [-0.2, -0.15) is 0 Å². The van der Waals surface area contributed by atoms with Gasteiger partial charge in [0.2, 0.25) is 10.0 Å². The Kier molecular flexibility index (Phi) is 4.26. The average molecular weight is 497 g/mol. The first-order valence-corrected chi connectivity index (χ1v) is 11.6. The van der Waals surface area contributed by atoms with Crippen molar-refractivity contribution in [3.8, 4) is 16.9 Å². The number of nitrogens with zero attached hydrogens (tertiary/aromatic N) is 1. The number of hydrogen-bond donors (Lipinski definition) is 2. The number of rotatable bonds is 6. The zero-order valence-corrected chi connectivity index (χ0v) is 19.1. The standard InChI is InChI=1S/C24H26ClN3O4S/c1-24(2,3)21-11-16(20-12-17(25)13-27-23(20)29)10-15(22(21)32-4)6-7-18-8-9-19(14-26-18)28-33(5,30)31/h6-14,28H,1-5H3,(H,27,29)/i1D3,2D3,3D3. The largest absolute Gasteiger partial charge is 0.496 e. The van der Waals surface area contributed by atoms with Crippen molar-refractivity contribution >= 4 is 39.5 Å². The minimum absolute atomic E-state index is 0.0200. The van der Waals surface area contributed by atoms with E-state index in [1.54, 1.807) is 0 Å². The fraction of sp³-hybridized carbons (Fsp3) is 0.250. The van der Waals surface area contributed by atoms with Crippen molar-refractivity contribution in [1.29, 1.82) is 0 Å². The van der Waals surface area contributed by atoms with Crippen molar-refractivity contribution in [2.24, 2.45) is 0 Å². The Bertz CT molecular complexity index is 1630. The molecule has 0 aliphatic carbocycles. The molecule has 3 rings (SSSR count). The maximum Gasteiger partial charge on any atom is 0.255 e. The van der Waals surface area contributed by atoms with Gasteiger partial charge in [-0.25, -0.2) is 8.42 Å². The summed E-state index contributed by atoms with van der Waals surface area (Å²) in [6.45, 7) is -10.8. The maximum absolute atomic E-state index is 12.7. The van der Waals surface area contributed by atoms with Crippen LogP contribution in [0.2, 0.25) is 5.02 Å². The molecule has 0 amide bonds. The second-order valence-electron chi connectivity index (χ2n) is 7.14. The van der Waals surface area contributed by atoms with Crippen molar-refractivity contribution in [2.75, 3.05) is 18.1 Å². The van der Waals surface area contributed by atoms with Gasteiger partial charge in [0, 0.05) is 35.2 Å². The lowest BCUT2D eigenvalue weighted by molar-refractivity contribution is 0.397. The lowest BCUT2D eigenvalue weighted by Crippen LogP contribution is -2.15. The summed E-state index contributed by atoms with van der Waals surface area (Å²) in [5, 5.41) is 0.0970. The molecular formula is C24H26ClN3O4S. The van der Waals surface area contributed by atoms with Crippen molar-refractivity contribution in [1.82, 2.24) is 9.97 Å². The van der Waals surface area contributed by atoms with Crippen molar-refractivity contribution in [3.63, 3.8) is 0 Å². The van der Waals surface area contributed by atoms with E-state index < -0.39 is 47.1 Å². The third-order valence-corrected chi connectivity index (χ3v) is 5.25. The number of aromatic nitrogens is 2. The van der Waals surface area contributed by atoms with E-state index in [0.717, 1.165) is 19.4 Å². The molecule has 0 aliphatic heterocycles. The molecule has 0 spiro atoms. The molecule has 2 heterocycles. The zero-order chi connectivity index (χ0) is 31.9. The molecule has 174 valence electrons. The van der Waals surface area contributed by atoms with Crippen LogP contribution in [-0.2, 0) is 15.4 Å². The van der Waals surface area contributed by atoms with Crippen LogP contribution in [0.1, 0.15) is 49.7 Å². The molecular weight excluding hydrogens is 462 g/mol. The summed E-state index contributed by atoms with van der Waals surface area (Å²) in [6, 6.07) is 6.53. The van der Waals surface area contributed by atoms with Gasteiger partial charge in [0.25, 0.3) is 5.56 Å². The fourth-order valence-electron chi connectivity index (χ4n) is 3.06. The third kappa shape index (κ3) is 6.24. The first kappa shape index (κ1) is 14.9. The molecule has 33 heavy (non-hydrogen) atoms. The highest BCUT2D eigenvalue weighted by atomic mass is 35.5. The molecule has 0 saturated heterocycles. The molecule has 0 bridgehead atoms. The Balaban J connectivity index is 2.42. The SMILES string of the molecule is [2H]C([2H])([2H])C(c1cc(-c2cc(Cl)c[nH]c2=O)cc(C=Cc2ccc(NS(C)(=O)=O)cn2)c1OC)(C([2H])([2H])[2H])C([2H])([2H])[2H]. The van der Waals surface area contributed by atoms with Crippen LogP contribution >= 0.6 is 11.6 Å². The number of pyridine rings is 2. The third-order valence-electron chi connectivity index (χ3n) is 4.43. The molecule has 0 radical (unpaired) electrons. The quantitative estimate of drug-likeness (QED) is 0.503. The van der Waals surface area contributed by atoms with Crippen LogP contribution in [0.25, 0.3) is 23.3 Å². The Labute approximate surface area is 211 Å². The molecule has 0 fully saturated rings. The average Bonchev–Trinajstić information content (AvgIpc) is 2.81. The van der Waals surface area contributed by atoms with Gasteiger partial charge < -0.3 is 9.72 Å². The van der Waals surface area contributed by atoms with Crippen LogP contribution in [0.15, 0.2) is 47.5 Å². The highest BCUT2D eigenvalue weighted by Crippen LogP contribution is 2.38. The molecule has 7 nitrogen and oxygen atoms in total. The molecule has 0 unspecified atom stereocenters. The highest BCUT2D eigenvalue weighted by Gasteiger charge is 2.23. The summed E-state index contributed by atoms with van der Waals surface area (Å²) < 4.78 is 104. The Morgan fingerprint density at radius 1 is 1.21 bits per heavy atom. The number of benzene rings is 1. The van der Waals surface area contributed by atoms with E-state index in [0.29, 0.717) is 0 Å². The monoisotopic (exact) mass is 496 g/mol. The van der Waals surface area contributed by atoms with E-state index in [1.807, 2.05) is 0 Å². The van der Waals surface area contributed by atoms with E-state index >= 15 is 0 Å². The Hall–Kier alpha value is -3.10. The van der Waals surface area contributed by atoms with Crippen LogP contribution in [0, 0.1) is 0 Å². The predicted molar refractivity (Wildman–Crippen MR) is 134 cm³/mol. The normalized spacial score (nSPS) is 17.4.